The molecule has 1 amide bonds. The summed E-state index contributed by atoms with van der Waals surface area (Å²) in [7, 11) is 0. The Bertz CT molecular complexity index is 94.0. The van der Waals surface area contributed by atoms with Gasteiger partial charge in [-0.3, -0.25) is 9.14 Å². The van der Waals surface area contributed by atoms with Crippen molar-refractivity contribution >= 4 is 28.3 Å². The number of halogens is 1. The van der Waals surface area contributed by atoms with Crippen LogP contribution in [0.25, 0.3) is 0 Å². The van der Waals surface area contributed by atoms with Crippen LogP contribution in [-0.4, -0.2) is 12.2 Å². The van der Waals surface area contributed by atoms with Crippen LogP contribution in [0, 0.1) is 0 Å². The molecule has 0 aromatic carbocycles. The van der Waals surface area contributed by atoms with Crippen molar-refractivity contribution in [3.05, 3.63) is 0 Å². The fourth-order valence-corrected chi connectivity index (χ4v) is 0.436. The van der Waals surface area contributed by atoms with E-state index in [4.69, 9.17) is 0 Å². The quantitative estimate of drug-likeness (QED) is 0.504. The maximum Gasteiger partial charge on any atom is 0.230 e. The molecule has 0 fully saturated rings. The Morgan fingerprint density at radius 2 is 2.38 bits per heavy atom. The summed E-state index contributed by atoms with van der Waals surface area (Å²) in [5, 5.41) is 0. The van der Waals surface area contributed by atoms with Gasteiger partial charge in [-0.1, -0.05) is 0 Å². The Morgan fingerprint density at radius 1 is 1.75 bits per heavy atom. The molecule has 0 bridgehead atoms. The van der Waals surface area contributed by atoms with E-state index in [1.165, 1.54) is 0 Å². The molecule has 0 aliphatic heterocycles. The van der Waals surface area contributed by atoms with E-state index < -0.39 is 0 Å². The Kier molecular flexibility index (Phi) is 4.54. The largest absolute Gasteiger partial charge is 0.303 e. The normalized spacial score (nSPS) is 8.12. The maximum atomic E-state index is 10.3. The minimum absolute atomic E-state index is 0.169. The number of nitrogens with one attached hydrogen (secondary N) is 1. The molecule has 0 aromatic heterocycles. The van der Waals surface area contributed by atoms with Gasteiger partial charge < -0.3 is 4.79 Å². The summed E-state index contributed by atoms with van der Waals surface area (Å²) in [5.41, 5.74) is 0. The molecule has 0 aliphatic rings. The minimum Gasteiger partial charge on any atom is -0.303 e. The van der Waals surface area contributed by atoms with Crippen LogP contribution in [0.2, 0.25) is 0 Å². The Hall–Kier alpha value is -0.380. The van der Waals surface area contributed by atoms with Crippen molar-refractivity contribution in [1.29, 1.82) is 0 Å². The van der Waals surface area contributed by atoms with Gasteiger partial charge in [-0.25, -0.2) is 0 Å². The molecule has 1 N–H and O–H groups in total. The summed E-state index contributed by atoms with van der Waals surface area (Å²) in [5.74, 6) is -0.169. The Labute approximate surface area is 55.8 Å². The second kappa shape index (κ2) is 4.77. The molecule has 0 aromatic rings. The van der Waals surface area contributed by atoms with E-state index in [9.17, 15) is 9.59 Å². The van der Waals surface area contributed by atoms with Crippen molar-refractivity contribution in [3.8, 4) is 0 Å². The average molecular weight is 180 g/mol. The molecule has 0 unspecified atom stereocenters. The number of hydrogen-bond acceptors (Lipinski definition) is 2. The van der Waals surface area contributed by atoms with Crippen molar-refractivity contribution in [3.63, 3.8) is 0 Å². The monoisotopic (exact) mass is 179 g/mol. The van der Waals surface area contributed by atoms with Crippen LogP contribution in [0.15, 0.2) is 0 Å². The SMILES string of the molecule is O=CCCC(=O)NBr. The van der Waals surface area contributed by atoms with Crippen LogP contribution in [0.3, 0.4) is 0 Å². The molecule has 0 radical (unpaired) electrons. The lowest BCUT2D eigenvalue weighted by molar-refractivity contribution is -0.120. The fourth-order valence-electron chi connectivity index (χ4n) is 0.237. The van der Waals surface area contributed by atoms with Crippen LogP contribution in [0.4, 0.5) is 0 Å². The number of rotatable bonds is 3. The standard InChI is InChI=1S/C4H6BrNO2/c5-6-4(8)2-1-3-7/h3H,1-2H2,(H,6,8). The Balaban J connectivity index is 3.11. The molecule has 0 rings (SSSR count). The first-order chi connectivity index (χ1) is 3.81. The zero-order chi connectivity index (χ0) is 6.41. The van der Waals surface area contributed by atoms with Crippen LogP contribution >= 0.6 is 16.1 Å². The maximum absolute atomic E-state index is 10.3. The van der Waals surface area contributed by atoms with E-state index in [1.807, 2.05) is 0 Å². The van der Waals surface area contributed by atoms with Crippen molar-refractivity contribution in [2.75, 3.05) is 0 Å². The van der Waals surface area contributed by atoms with Crippen LogP contribution in [0.5, 0.6) is 0 Å². The van der Waals surface area contributed by atoms with Gasteiger partial charge in [-0.2, -0.15) is 0 Å². The van der Waals surface area contributed by atoms with Crippen molar-refractivity contribution < 1.29 is 9.59 Å². The lowest BCUT2D eigenvalue weighted by atomic mass is 10.3. The lowest BCUT2D eigenvalue weighted by Crippen LogP contribution is -2.10. The van der Waals surface area contributed by atoms with E-state index in [2.05, 4.69) is 20.5 Å². The summed E-state index contributed by atoms with van der Waals surface area (Å²) in [6.07, 6.45) is 1.26. The smallest absolute Gasteiger partial charge is 0.230 e. The summed E-state index contributed by atoms with van der Waals surface area (Å²) in [6, 6.07) is 0. The molecule has 0 saturated heterocycles. The van der Waals surface area contributed by atoms with Gasteiger partial charge >= 0.3 is 0 Å². The third-order valence-corrected chi connectivity index (χ3v) is 1.04. The van der Waals surface area contributed by atoms with E-state index in [1.54, 1.807) is 0 Å². The van der Waals surface area contributed by atoms with Gasteiger partial charge in [0.1, 0.15) is 6.29 Å². The highest BCUT2D eigenvalue weighted by molar-refractivity contribution is 9.08. The third kappa shape index (κ3) is 3.80. The van der Waals surface area contributed by atoms with Gasteiger partial charge in [0.05, 0.1) is 0 Å². The topological polar surface area (TPSA) is 46.2 Å². The molecule has 0 aliphatic carbocycles. The number of hydrogen-bond donors (Lipinski definition) is 1. The summed E-state index contributed by atoms with van der Waals surface area (Å²) >= 11 is 2.73. The first-order valence-electron chi connectivity index (χ1n) is 2.14. The molecule has 4 heteroatoms. The van der Waals surface area contributed by atoms with E-state index >= 15 is 0 Å². The van der Waals surface area contributed by atoms with Crippen LogP contribution in [-0.2, 0) is 9.59 Å². The van der Waals surface area contributed by atoms with Gasteiger partial charge in [0, 0.05) is 29.0 Å². The molecule has 0 heterocycles. The average Bonchev–Trinajstić information content (AvgIpc) is 1.83. The fraction of sp³-hybridized carbons (Fsp3) is 0.500. The van der Waals surface area contributed by atoms with Crippen LogP contribution < -0.4 is 4.34 Å². The van der Waals surface area contributed by atoms with Gasteiger partial charge in [-0.05, 0) is 0 Å². The van der Waals surface area contributed by atoms with Gasteiger partial charge in [-0.15, -0.1) is 0 Å². The molecule has 0 spiro atoms. The van der Waals surface area contributed by atoms with E-state index in [0.717, 1.165) is 0 Å². The van der Waals surface area contributed by atoms with Crippen LogP contribution in [0.1, 0.15) is 12.8 Å². The molecular weight excluding hydrogens is 174 g/mol. The molecule has 8 heavy (non-hydrogen) atoms. The highest BCUT2D eigenvalue weighted by Crippen LogP contribution is 1.84. The first-order valence-corrected chi connectivity index (χ1v) is 2.93. The number of carbonyl (C=O) groups is 2. The van der Waals surface area contributed by atoms with E-state index in [-0.39, 0.29) is 18.7 Å². The zero-order valence-electron chi connectivity index (χ0n) is 4.19. The zero-order valence-corrected chi connectivity index (χ0v) is 5.77. The van der Waals surface area contributed by atoms with Gasteiger partial charge in [0.2, 0.25) is 5.91 Å². The van der Waals surface area contributed by atoms with E-state index in [0.29, 0.717) is 6.29 Å². The predicted octanol–water partition coefficient (Wildman–Crippen LogP) is 0.392. The highest BCUT2D eigenvalue weighted by Gasteiger charge is 1.94. The molecule has 3 nitrogen and oxygen atoms in total. The highest BCUT2D eigenvalue weighted by atomic mass is 79.9. The van der Waals surface area contributed by atoms with Gasteiger partial charge in [0.15, 0.2) is 0 Å². The predicted molar refractivity (Wildman–Crippen MR) is 32.4 cm³/mol. The number of aldehydes is 1. The first kappa shape index (κ1) is 7.62. The second-order valence-corrected chi connectivity index (χ2v) is 1.62. The van der Waals surface area contributed by atoms with Crippen molar-refractivity contribution in [2.45, 2.75) is 12.8 Å². The van der Waals surface area contributed by atoms with Crippen molar-refractivity contribution in [2.24, 2.45) is 0 Å². The number of carbonyl (C=O) groups excluding carboxylic acids is 2. The molecular formula is C4H6BrNO2. The van der Waals surface area contributed by atoms with Crippen molar-refractivity contribution in [1.82, 2.24) is 4.34 Å². The molecule has 46 valence electrons. The number of amides is 1. The summed E-state index contributed by atoms with van der Waals surface area (Å²) in [4.78, 5) is 19.9. The summed E-state index contributed by atoms with van der Waals surface area (Å²) in [6.45, 7) is 0. The lowest BCUT2D eigenvalue weighted by Gasteiger charge is -1.88. The minimum atomic E-state index is -0.169. The third-order valence-electron chi connectivity index (χ3n) is 0.595. The van der Waals surface area contributed by atoms with Gasteiger partial charge in [0.25, 0.3) is 0 Å². The second-order valence-electron chi connectivity index (χ2n) is 1.22. The molecule has 0 atom stereocenters. The molecule has 0 saturated carbocycles. The summed E-state index contributed by atoms with van der Waals surface area (Å²) < 4.78 is 2.21. The Morgan fingerprint density at radius 3 is 2.75 bits per heavy atom.